The van der Waals surface area contributed by atoms with Crippen LogP contribution in [0, 0.1) is 12.7 Å². The molecule has 0 aliphatic heterocycles. The summed E-state index contributed by atoms with van der Waals surface area (Å²) in [7, 11) is 0. The Kier molecular flexibility index (Phi) is 2.72. The summed E-state index contributed by atoms with van der Waals surface area (Å²) in [6.07, 6.45) is 3.49. The van der Waals surface area contributed by atoms with E-state index in [0.717, 1.165) is 0 Å². The zero-order valence-electron chi connectivity index (χ0n) is 8.64. The Morgan fingerprint density at radius 2 is 1.94 bits per heavy atom. The van der Waals surface area contributed by atoms with Crippen molar-refractivity contribution >= 4 is 6.29 Å². The second-order valence-corrected chi connectivity index (χ2v) is 3.42. The molecule has 16 heavy (non-hydrogen) atoms. The van der Waals surface area contributed by atoms with Gasteiger partial charge in [0.25, 0.3) is 0 Å². The molecule has 0 radical (unpaired) electrons. The maximum atomic E-state index is 13.3. The number of halogens is 1. The molecule has 0 aliphatic rings. The van der Waals surface area contributed by atoms with E-state index in [1.807, 2.05) is 0 Å². The number of carbonyl (C=O) groups excluding carboxylic acids is 1. The van der Waals surface area contributed by atoms with Crippen molar-refractivity contribution in [3.63, 3.8) is 0 Å². The molecule has 80 valence electrons. The molecule has 0 saturated carbocycles. The van der Waals surface area contributed by atoms with E-state index in [1.165, 1.54) is 18.5 Å². The minimum atomic E-state index is -0.291. The molecule has 2 aromatic rings. The van der Waals surface area contributed by atoms with Crippen LogP contribution in [0.2, 0.25) is 0 Å². The second kappa shape index (κ2) is 4.18. The molecule has 0 amide bonds. The molecule has 0 fully saturated rings. The van der Waals surface area contributed by atoms with Gasteiger partial charge in [0.05, 0.1) is 5.56 Å². The molecule has 1 heterocycles. The topological polar surface area (TPSA) is 42.9 Å². The Labute approximate surface area is 92.0 Å². The number of aldehydes is 1. The van der Waals surface area contributed by atoms with Crippen molar-refractivity contribution in [2.45, 2.75) is 6.92 Å². The Balaban J connectivity index is 2.42. The lowest BCUT2D eigenvalue weighted by atomic mass is 10.1. The van der Waals surface area contributed by atoms with E-state index in [1.54, 1.807) is 19.1 Å². The summed E-state index contributed by atoms with van der Waals surface area (Å²) in [4.78, 5) is 18.4. The number of carbonyl (C=O) groups is 1. The van der Waals surface area contributed by atoms with Crippen LogP contribution in [0.3, 0.4) is 0 Å². The van der Waals surface area contributed by atoms with Crippen molar-refractivity contribution in [3.8, 4) is 11.4 Å². The van der Waals surface area contributed by atoms with Crippen molar-refractivity contribution in [2.24, 2.45) is 0 Å². The maximum absolute atomic E-state index is 13.3. The molecule has 2 rings (SSSR count). The summed E-state index contributed by atoms with van der Waals surface area (Å²) in [5, 5.41) is 0. The first-order valence-corrected chi connectivity index (χ1v) is 4.74. The smallest absolute Gasteiger partial charge is 0.159 e. The quantitative estimate of drug-likeness (QED) is 0.724. The highest BCUT2D eigenvalue weighted by molar-refractivity contribution is 5.73. The third-order valence-corrected chi connectivity index (χ3v) is 2.24. The van der Waals surface area contributed by atoms with Gasteiger partial charge in [0.1, 0.15) is 5.82 Å². The molecule has 0 unspecified atom stereocenters. The summed E-state index contributed by atoms with van der Waals surface area (Å²) in [6.45, 7) is 1.69. The number of aryl methyl sites for hydroxylation is 1. The number of hydrogen-bond acceptors (Lipinski definition) is 3. The van der Waals surface area contributed by atoms with E-state index >= 15 is 0 Å². The number of rotatable bonds is 2. The number of hydrogen-bond donors (Lipinski definition) is 0. The van der Waals surface area contributed by atoms with E-state index in [0.29, 0.717) is 28.8 Å². The van der Waals surface area contributed by atoms with Crippen LogP contribution in [-0.4, -0.2) is 16.3 Å². The molecule has 0 atom stereocenters. The highest BCUT2D eigenvalue weighted by Crippen LogP contribution is 2.17. The predicted molar refractivity (Wildman–Crippen MR) is 57.6 cm³/mol. The van der Waals surface area contributed by atoms with Gasteiger partial charge in [0.15, 0.2) is 12.1 Å². The first-order chi connectivity index (χ1) is 7.70. The molecule has 4 heteroatoms. The Morgan fingerprint density at radius 3 is 2.50 bits per heavy atom. The van der Waals surface area contributed by atoms with Crippen LogP contribution in [0.5, 0.6) is 0 Å². The fourth-order valence-corrected chi connectivity index (χ4v) is 1.28. The van der Waals surface area contributed by atoms with Gasteiger partial charge in [0, 0.05) is 18.0 Å². The molecule has 0 spiro atoms. The van der Waals surface area contributed by atoms with E-state index in [-0.39, 0.29) is 5.82 Å². The van der Waals surface area contributed by atoms with Crippen LogP contribution in [0.1, 0.15) is 15.9 Å². The maximum Gasteiger partial charge on any atom is 0.159 e. The van der Waals surface area contributed by atoms with Crippen LogP contribution >= 0.6 is 0 Å². The van der Waals surface area contributed by atoms with Gasteiger partial charge >= 0.3 is 0 Å². The first kappa shape index (κ1) is 10.4. The summed E-state index contributed by atoms with van der Waals surface area (Å²) in [5.74, 6) is 0.116. The molecule has 0 saturated heterocycles. The van der Waals surface area contributed by atoms with Gasteiger partial charge in [-0.15, -0.1) is 0 Å². The molecular formula is C12H9FN2O. The van der Waals surface area contributed by atoms with E-state index in [4.69, 9.17) is 0 Å². The Hall–Kier alpha value is -2.10. The first-order valence-electron chi connectivity index (χ1n) is 4.74. The molecule has 1 aromatic heterocycles. The summed E-state index contributed by atoms with van der Waals surface area (Å²) >= 11 is 0. The molecule has 0 aliphatic carbocycles. The third-order valence-electron chi connectivity index (χ3n) is 2.24. The van der Waals surface area contributed by atoms with Crippen molar-refractivity contribution in [2.75, 3.05) is 0 Å². The summed E-state index contributed by atoms with van der Waals surface area (Å²) < 4.78 is 13.3. The lowest BCUT2D eigenvalue weighted by Crippen LogP contribution is -1.92. The number of benzene rings is 1. The second-order valence-electron chi connectivity index (χ2n) is 3.42. The van der Waals surface area contributed by atoms with Crippen molar-refractivity contribution in [1.29, 1.82) is 0 Å². The van der Waals surface area contributed by atoms with E-state index in [2.05, 4.69) is 9.97 Å². The minimum absolute atomic E-state index is 0.291. The van der Waals surface area contributed by atoms with Crippen molar-refractivity contribution in [3.05, 3.63) is 47.5 Å². The zero-order valence-corrected chi connectivity index (χ0v) is 8.64. The van der Waals surface area contributed by atoms with Crippen molar-refractivity contribution < 1.29 is 9.18 Å². The third kappa shape index (κ3) is 1.95. The monoisotopic (exact) mass is 216 g/mol. The largest absolute Gasteiger partial charge is 0.298 e. The Morgan fingerprint density at radius 1 is 1.25 bits per heavy atom. The SMILES string of the molecule is Cc1ccc(-c2ncc(C=O)cn2)cc1F. The van der Waals surface area contributed by atoms with Crippen molar-refractivity contribution in [1.82, 2.24) is 9.97 Å². The minimum Gasteiger partial charge on any atom is -0.298 e. The van der Waals surface area contributed by atoms with Crippen LogP contribution in [0.4, 0.5) is 4.39 Å². The fraction of sp³-hybridized carbons (Fsp3) is 0.0833. The van der Waals surface area contributed by atoms with Gasteiger partial charge in [-0.2, -0.15) is 0 Å². The van der Waals surface area contributed by atoms with Gasteiger partial charge in [-0.3, -0.25) is 4.79 Å². The zero-order chi connectivity index (χ0) is 11.5. The molecule has 3 nitrogen and oxygen atoms in total. The average molecular weight is 216 g/mol. The van der Waals surface area contributed by atoms with Crippen LogP contribution in [-0.2, 0) is 0 Å². The normalized spacial score (nSPS) is 10.1. The van der Waals surface area contributed by atoms with Gasteiger partial charge < -0.3 is 0 Å². The lowest BCUT2D eigenvalue weighted by molar-refractivity contribution is 0.112. The molecule has 0 bridgehead atoms. The fourth-order valence-electron chi connectivity index (χ4n) is 1.28. The highest BCUT2D eigenvalue weighted by atomic mass is 19.1. The van der Waals surface area contributed by atoms with Crippen LogP contribution in [0.25, 0.3) is 11.4 Å². The van der Waals surface area contributed by atoms with E-state index in [9.17, 15) is 9.18 Å². The highest BCUT2D eigenvalue weighted by Gasteiger charge is 2.04. The van der Waals surface area contributed by atoms with Gasteiger partial charge in [-0.1, -0.05) is 12.1 Å². The number of nitrogens with zero attached hydrogens (tertiary/aromatic N) is 2. The summed E-state index contributed by atoms with van der Waals surface area (Å²) in [5.41, 5.74) is 1.57. The molecule has 0 N–H and O–H groups in total. The molecule has 1 aromatic carbocycles. The van der Waals surface area contributed by atoms with E-state index < -0.39 is 0 Å². The van der Waals surface area contributed by atoms with Gasteiger partial charge in [-0.05, 0) is 18.6 Å². The van der Waals surface area contributed by atoms with Crippen LogP contribution in [0.15, 0.2) is 30.6 Å². The predicted octanol–water partition coefficient (Wildman–Crippen LogP) is 2.40. The molecular weight excluding hydrogens is 207 g/mol. The lowest BCUT2D eigenvalue weighted by Gasteiger charge is -2.01. The van der Waals surface area contributed by atoms with Gasteiger partial charge in [-0.25, -0.2) is 14.4 Å². The summed E-state index contributed by atoms with van der Waals surface area (Å²) in [6, 6.07) is 4.79. The Bertz CT molecular complexity index is 523. The average Bonchev–Trinajstić information content (AvgIpc) is 2.33. The standard InChI is InChI=1S/C12H9FN2O/c1-8-2-3-10(4-11(8)13)12-14-5-9(7-16)6-15-12/h2-7H,1H3. The van der Waals surface area contributed by atoms with Crippen LogP contribution < -0.4 is 0 Å². The van der Waals surface area contributed by atoms with Gasteiger partial charge in [0.2, 0.25) is 0 Å². The number of aromatic nitrogens is 2.